The van der Waals surface area contributed by atoms with Crippen molar-refractivity contribution in [2.24, 2.45) is 0 Å². The first-order valence-corrected chi connectivity index (χ1v) is 6.21. The van der Waals surface area contributed by atoms with E-state index < -0.39 is 0 Å². The van der Waals surface area contributed by atoms with Gasteiger partial charge in [0.05, 0.1) is 0 Å². The van der Waals surface area contributed by atoms with E-state index in [2.05, 4.69) is 17.6 Å². The highest BCUT2D eigenvalue weighted by Crippen LogP contribution is 2.23. The van der Waals surface area contributed by atoms with Gasteiger partial charge in [0, 0.05) is 23.3 Å². The van der Waals surface area contributed by atoms with Crippen LogP contribution in [-0.4, -0.2) is 18.0 Å². The van der Waals surface area contributed by atoms with Crippen LogP contribution in [0.25, 0.3) is 0 Å². The van der Waals surface area contributed by atoms with Crippen molar-refractivity contribution in [1.29, 1.82) is 0 Å². The molecule has 1 aliphatic heterocycles. The summed E-state index contributed by atoms with van der Waals surface area (Å²) in [5.74, 6) is 0.00773. The maximum atomic E-state index is 12.1. The quantitative estimate of drug-likeness (QED) is 0.841. The van der Waals surface area contributed by atoms with Gasteiger partial charge in [-0.05, 0) is 44.4 Å². The molecule has 1 heterocycles. The second-order valence-electron chi connectivity index (χ2n) is 5.24. The highest BCUT2D eigenvalue weighted by Gasteiger charge is 2.20. The Morgan fingerprint density at radius 1 is 1.47 bits per heavy atom. The number of amides is 1. The average Bonchev–Trinajstić information content (AvgIpc) is 2.75. The molecule has 17 heavy (non-hydrogen) atoms. The molecule has 0 fully saturated rings. The minimum atomic E-state index is -0.149. The van der Waals surface area contributed by atoms with Gasteiger partial charge >= 0.3 is 0 Å². The maximum Gasteiger partial charge on any atom is 0.251 e. The molecular formula is C14H20N2O. The highest BCUT2D eigenvalue weighted by molar-refractivity contribution is 5.95. The summed E-state index contributed by atoms with van der Waals surface area (Å²) in [5.41, 5.74) is 2.99. The van der Waals surface area contributed by atoms with Crippen molar-refractivity contribution in [1.82, 2.24) is 5.32 Å². The van der Waals surface area contributed by atoms with E-state index >= 15 is 0 Å². The third kappa shape index (κ3) is 2.60. The number of fused-ring (bicyclic) bond motifs is 1. The summed E-state index contributed by atoms with van der Waals surface area (Å²) >= 11 is 0. The molecule has 0 unspecified atom stereocenters. The largest absolute Gasteiger partial charge is 0.384 e. The minimum absolute atomic E-state index is 0.00773. The van der Waals surface area contributed by atoms with Crippen LogP contribution in [0.4, 0.5) is 5.69 Å². The summed E-state index contributed by atoms with van der Waals surface area (Å²) < 4.78 is 0. The fourth-order valence-corrected chi connectivity index (χ4v) is 1.90. The zero-order valence-corrected chi connectivity index (χ0v) is 10.8. The fourth-order valence-electron chi connectivity index (χ4n) is 1.90. The minimum Gasteiger partial charge on any atom is -0.384 e. The topological polar surface area (TPSA) is 41.1 Å². The Morgan fingerprint density at radius 2 is 2.24 bits per heavy atom. The van der Waals surface area contributed by atoms with Crippen LogP contribution in [0.2, 0.25) is 0 Å². The van der Waals surface area contributed by atoms with E-state index in [-0.39, 0.29) is 11.4 Å². The van der Waals surface area contributed by atoms with E-state index in [0.717, 1.165) is 30.6 Å². The fraction of sp³-hybridized carbons (Fsp3) is 0.500. The first-order valence-electron chi connectivity index (χ1n) is 6.21. The Balaban J connectivity index is 2.15. The molecular weight excluding hydrogens is 212 g/mol. The van der Waals surface area contributed by atoms with Crippen molar-refractivity contribution >= 4 is 11.6 Å². The third-order valence-electron chi connectivity index (χ3n) is 3.42. The number of benzene rings is 1. The van der Waals surface area contributed by atoms with Crippen LogP contribution in [0.15, 0.2) is 18.2 Å². The molecule has 0 spiro atoms. The lowest BCUT2D eigenvalue weighted by molar-refractivity contribution is 0.0911. The Morgan fingerprint density at radius 3 is 2.94 bits per heavy atom. The summed E-state index contributed by atoms with van der Waals surface area (Å²) in [5, 5.41) is 6.34. The molecule has 3 heteroatoms. The van der Waals surface area contributed by atoms with Crippen LogP contribution < -0.4 is 10.6 Å². The van der Waals surface area contributed by atoms with Gasteiger partial charge in [0.2, 0.25) is 0 Å². The molecule has 0 bridgehead atoms. The Bertz CT molecular complexity index is 438. The van der Waals surface area contributed by atoms with Gasteiger partial charge in [-0.1, -0.05) is 13.0 Å². The monoisotopic (exact) mass is 232 g/mol. The van der Waals surface area contributed by atoms with Crippen molar-refractivity contribution in [2.75, 3.05) is 11.9 Å². The molecule has 0 radical (unpaired) electrons. The smallest absolute Gasteiger partial charge is 0.251 e. The summed E-state index contributed by atoms with van der Waals surface area (Å²) in [6.07, 6.45) is 1.97. The van der Waals surface area contributed by atoms with Gasteiger partial charge in [0.15, 0.2) is 0 Å². The third-order valence-corrected chi connectivity index (χ3v) is 3.42. The van der Waals surface area contributed by atoms with Gasteiger partial charge in [-0.15, -0.1) is 0 Å². The predicted molar refractivity (Wildman–Crippen MR) is 70.5 cm³/mol. The zero-order valence-electron chi connectivity index (χ0n) is 10.8. The number of carbonyl (C=O) groups is 1. The van der Waals surface area contributed by atoms with Crippen molar-refractivity contribution in [2.45, 2.75) is 39.2 Å². The van der Waals surface area contributed by atoms with Gasteiger partial charge in [-0.2, -0.15) is 0 Å². The van der Waals surface area contributed by atoms with E-state index in [4.69, 9.17) is 0 Å². The zero-order chi connectivity index (χ0) is 12.5. The molecule has 1 aromatic carbocycles. The van der Waals surface area contributed by atoms with Crippen molar-refractivity contribution in [3.8, 4) is 0 Å². The molecule has 2 N–H and O–H groups in total. The summed E-state index contributed by atoms with van der Waals surface area (Å²) in [6, 6.07) is 5.90. The highest BCUT2D eigenvalue weighted by atomic mass is 16.1. The first kappa shape index (κ1) is 12.0. The summed E-state index contributed by atoms with van der Waals surface area (Å²) in [7, 11) is 0. The molecule has 1 amide bonds. The predicted octanol–water partition coefficient (Wildman–Crippen LogP) is 2.57. The summed E-state index contributed by atoms with van der Waals surface area (Å²) in [6.45, 7) is 7.12. The number of hydrogen-bond acceptors (Lipinski definition) is 2. The lowest BCUT2D eigenvalue weighted by Crippen LogP contribution is -2.42. The molecule has 0 saturated carbocycles. The van der Waals surface area contributed by atoms with Gasteiger partial charge in [0.1, 0.15) is 0 Å². The molecule has 2 rings (SSSR count). The normalized spacial score (nSPS) is 14.1. The first-order chi connectivity index (χ1) is 8.02. The van der Waals surface area contributed by atoms with Crippen LogP contribution in [0.5, 0.6) is 0 Å². The molecule has 0 aromatic heterocycles. The maximum absolute atomic E-state index is 12.1. The average molecular weight is 232 g/mol. The van der Waals surface area contributed by atoms with E-state index in [0.29, 0.717) is 0 Å². The van der Waals surface area contributed by atoms with E-state index in [1.807, 2.05) is 32.0 Å². The van der Waals surface area contributed by atoms with Crippen molar-refractivity contribution < 1.29 is 4.79 Å². The lowest BCUT2D eigenvalue weighted by Gasteiger charge is -2.24. The Labute approximate surface area is 103 Å². The van der Waals surface area contributed by atoms with Gasteiger partial charge in [-0.25, -0.2) is 0 Å². The number of rotatable bonds is 3. The van der Waals surface area contributed by atoms with E-state index in [1.54, 1.807) is 0 Å². The number of hydrogen-bond donors (Lipinski definition) is 2. The number of nitrogens with one attached hydrogen (secondary N) is 2. The summed E-state index contributed by atoms with van der Waals surface area (Å²) in [4.78, 5) is 12.1. The van der Waals surface area contributed by atoms with E-state index in [9.17, 15) is 4.79 Å². The molecule has 1 aliphatic rings. The number of anilines is 1. The van der Waals surface area contributed by atoms with Gasteiger partial charge < -0.3 is 10.6 Å². The standard InChI is InChI=1S/C14H20N2O/c1-4-14(2,3)16-13(17)11-6-5-10-7-8-15-12(10)9-11/h5-6,9,15H,4,7-8H2,1-3H3,(H,16,17). The molecule has 92 valence electrons. The molecule has 0 saturated heterocycles. The number of carbonyl (C=O) groups excluding carboxylic acids is 1. The lowest BCUT2D eigenvalue weighted by atomic mass is 10.0. The van der Waals surface area contributed by atoms with Crippen LogP contribution in [0, 0.1) is 0 Å². The Hall–Kier alpha value is -1.51. The molecule has 0 aliphatic carbocycles. The molecule has 1 aromatic rings. The second-order valence-corrected chi connectivity index (χ2v) is 5.24. The van der Waals surface area contributed by atoms with Crippen molar-refractivity contribution in [3.05, 3.63) is 29.3 Å². The van der Waals surface area contributed by atoms with Crippen LogP contribution in [0.3, 0.4) is 0 Å². The van der Waals surface area contributed by atoms with Crippen LogP contribution in [0.1, 0.15) is 43.1 Å². The second kappa shape index (κ2) is 4.40. The Kier molecular flexibility index (Phi) is 3.09. The van der Waals surface area contributed by atoms with Crippen molar-refractivity contribution in [3.63, 3.8) is 0 Å². The molecule has 0 atom stereocenters. The molecule has 3 nitrogen and oxygen atoms in total. The SMILES string of the molecule is CCC(C)(C)NC(=O)c1ccc2c(c1)NCC2. The van der Waals surface area contributed by atoms with Crippen LogP contribution in [-0.2, 0) is 6.42 Å². The van der Waals surface area contributed by atoms with Gasteiger partial charge in [0.25, 0.3) is 5.91 Å². The van der Waals surface area contributed by atoms with E-state index in [1.165, 1.54) is 5.56 Å². The van der Waals surface area contributed by atoms with Crippen LogP contribution >= 0.6 is 0 Å². The van der Waals surface area contributed by atoms with Gasteiger partial charge in [-0.3, -0.25) is 4.79 Å².